The molecule has 9 heteroatoms. The molecule has 0 N–H and O–H groups in total. The number of carbonyl (C=O) groups is 1. The van der Waals surface area contributed by atoms with E-state index in [-0.39, 0.29) is 17.9 Å². The summed E-state index contributed by atoms with van der Waals surface area (Å²) < 4.78 is 59.4. The van der Waals surface area contributed by atoms with Crippen LogP contribution in [-0.2, 0) is 12.6 Å². The Morgan fingerprint density at radius 3 is 2.36 bits per heavy atom. The number of hydrogen-bond donors (Lipinski definition) is 0. The SMILES string of the molecule is CCc1cc(F)ccc1N1CN(c2ccc(OC)nc2C)C(=O)c2ccc(C(F)(F)F)cc21. The number of aromatic nitrogens is 1. The summed E-state index contributed by atoms with van der Waals surface area (Å²) in [7, 11) is 1.48. The molecule has 4 rings (SSSR count). The van der Waals surface area contributed by atoms with Gasteiger partial charge in [0.15, 0.2) is 0 Å². The molecular weight excluding hydrogens is 438 g/mol. The number of hydrogen-bond acceptors (Lipinski definition) is 4. The molecule has 0 atom stereocenters. The van der Waals surface area contributed by atoms with Crippen molar-refractivity contribution in [2.45, 2.75) is 26.4 Å². The summed E-state index contributed by atoms with van der Waals surface area (Å²) in [4.78, 5) is 20.7. The minimum Gasteiger partial charge on any atom is -0.481 e. The summed E-state index contributed by atoms with van der Waals surface area (Å²) in [6.45, 7) is 3.48. The average molecular weight is 459 g/mol. The van der Waals surface area contributed by atoms with Crippen molar-refractivity contribution >= 4 is 23.0 Å². The Labute approximate surface area is 188 Å². The maximum atomic E-state index is 13.9. The van der Waals surface area contributed by atoms with Gasteiger partial charge < -0.3 is 9.64 Å². The third-order valence-corrected chi connectivity index (χ3v) is 5.62. The van der Waals surface area contributed by atoms with Gasteiger partial charge in [0.25, 0.3) is 5.91 Å². The maximum absolute atomic E-state index is 13.9. The highest BCUT2D eigenvalue weighted by Crippen LogP contribution is 2.41. The summed E-state index contributed by atoms with van der Waals surface area (Å²) in [6, 6.07) is 10.4. The molecule has 0 spiro atoms. The van der Waals surface area contributed by atoms with E-state index >= 15 is 0 Å². The molecule has 3 aromatic rings. The molecule has 0 unspecified atom stereocenters. The van der Waals surface area contributed by atoms with E-state index in [4.69, 9.17) is 4.74 Å². The molecule has 2 aromatic carbocycles. The Morgan fingerprint density at radius 2 is 1.73 bits per heavy atom. The fourth-order valence-corrected chi connectivity index (χ4v) is 3.96. The first-order valence-electron chi connectivity index (χ1n) is 10.2. The molecule has 1 amide bonds. The predicted octanol–water partition coefficient (Wildman–Crippen LogP) is 5.87. The molecule has 0 bridgehead atoms. The zero-order valence-electron chi connectivity index (χ0n) is 18.2. The number of benzene rings is 2. The fraction of sp³-hybridized carbons (Fsp3) is 0.250. The molecule has 1 aliphatic rings. The van der Waals surface area contributed by atoms with Crippen molar-refractivity contribution in [3.8, 4) is 5.88 Å². The van der Waals surface area contributed by atoms with Crippen LogP contribution in [0, 0.1) is 12.7 Å². The lowest BCUT2D eigenvalue weighted by atomic mass is 10.0. The summed E-state index contributed by atoms with van der Waals surface area (Å²) in [6.07, 6.45) is -4.12. The van der Waals surface area contributed by atoms with Crippen LogP contribution >= 0.6 is 0 Å². The van der Waals surface area contributed by atoms with Crippen LogP contribution in [-0.4, -0.2) is 24.7 Å². The first-order valence-corrected chi connectivity index (χ1v) is 10.2. The molecule has 1 aromatic heterocycles. The Hall–Kier alpha value is -3.62. The van der Waals surface area contributed by atoms with Gasteiger partial charge in [-0.15, -0.1) is 0 Å². The second-order valence-electron chi connectivity index (χ2n) is 7.62. The first-order chi connectivity index (χ1) is 15.6. The minimum absolute atomic E-state index is 0.0688. The summed E-state index contributed by atoms with van der Waals surface area (Å²) >= 11 is 0. The van der Waals surface area contributed by atoms with Crippen LogP contribution in [0.2, 0.25) is 0 Å². The zero-order valence-corrected chi connectivity index (χ0v) is 18.2. The summed E-state index contributed by atoms with van der Waals surface area (Å²) in [5.74, 6) is -0.523. The smallest absolute Gasteiger partial charge is 0.416 e. The molecule has 0 saturated heterocycles. The van der Waals surface area contributed by atoms with Crippen molar-refractivity contribution in [2.75, 3.05) is 23.6 Å². The highest BCUT2D eigenvalue weighted by molar-refractivity contribution is 6.13. The molecule has 2 heterocycles. The summed E-state index contributed by atoms with van der Waals surface area (Å²) in [5.41, 5.74) is 1.51. The molecule has 0 fully saturated rings. The topological polar surface area (TPSA) is 45.7 Å². The lowest BCUT2D eigenvalue weighted by Crippen LogP contribution is -2.45. The molecule has 33 heavy (non-hydrogen) atoms. The van der Waals surface area contributed by atoms with E-state index in [2.05, 4.69) is 4.98 Å². The Kier molecular flexibility index (Phi) is 5.73. The first kappa shape index (κ1) is 22.6. The van der Waals surface area contributed by atoms with Gasteiger partial charge in [0, 0.05) is 11.8 Å². The van der Waals surface area contributed by atoms with Crippen molar-refractivity contribution in [3.05, 3.63) is 76.7 Å². The zero-order chi connectivity index (χ0) is 23.9. The molecule has 0 aliphatic carbocycles. The Morgan fingerprint density at radius 1 is 1.00 bits per heavy atom. The molecule has 5 nitrogen and oxygen atoms in total. The number of ether oxygens (including phenoxy) is 1. The number of halogens is 4. The molecular formula is C24H21F4N3O2. The van der Waals surface area contributed by atoms with E-state index in [0.717, 1.165) is 12.1 Å². The van der Waals surface area contributed by atoms with Crippen LogP contribution in [0.4, 0.5) is 34.6 Å². The van der Waals surface area contributed by atoms with E-state index in [1.807, 2.05) is 6.92 Å². The van der Waals surface area contributed by atoms with Crippen molar-refractivity contribution in [3.63, 3.8) is 0 Å². The largest absolute Gasteiger partial charge is 0.481 e. The van der Waals surface area contributed by atoms with Crippen molar-refractivity contribution in [1.82, 2.24) is 4.98 Å². The highest BCUT2D eigenvalue weighted by Gasteiger charge is 2.37. The van der Waals surface area contributed by atoms with Crippen molar-refractivity contribution in [1.29, 1.82) is 0 Å². The van der Waals surface area contributed by atoms with Crippen LogP contribution < -0.4 is 14.5 Å². The fourth-order valence-electron chi connectivity index (χ4n) is 3.96. The van der Waals surface area contributed by atoms with Gasteiger partial charge in [-0.2, -0.15) is 13.2 Å². The number of rotatable bonds is 4. The minimum atomic E-state index is -4.58. The van der Waals surface area contributed by atoms with Gasteiger partial charge in [0.1, 0.15) is 12.5 Å². The number of aryl methyl sites for hydroxylation is 2. The third kappa shape index (κ3) is 4.10. The third-order valence-electron chi connectivity index (χ3n) is 5.62. The highest BCUT2D eigenvalue weighted by atomic mass is 19.4. The number of pyridine rings is 1. The number of anilines is 3. The average Bonchev–Trinajstić information content (AvgIpc) is 2.79. The predicted molar refractivity (Wildman–Crippen MR) is 117 cm³/mol. The summed E-state index contributed by atoms with van der Waals surface area (Å²) in [5, 5.41) is 0. The van der Waals surface area contributed by atoms with E-state index < -0.39 is 23.5 Å². The number of nitrogens with zero attached hydrogens (tertiary/aromatic N) is 3. The quantitative estimate of drug-likeness (QED) is 0.458. The number of amides is 1. The van der Waals surface area contributed by atoms with Gasteiger partial charge in [0.05, 0.1) is 35.3 Å². The molecule has 1 aliphatic heterocycles. The monoisotopic (exact) mass is 459 g/mol. The second-order valence-corrected chi connectivity index (χ2v) is 7.62. The normalized spacial score (nSPS) is 13.8. The van der Waals surface area contributed by atoms with E-state index in [1.165, 1.54) is 36.3 Å². The van der Waals surface area contributed by atoms with Gasteiger partial charge in [-0.05, 0) is 61.4 Å². The van der Waals surface area contributed by atoms with Crippen LogP contribution in [0.3, 0.4) is 0 Å². The number of carbonyl (C=O) groups excluding carboxylic acids is 1. The number of alkyl halides is 3. The van der Waals surface area contributed by atoms with Crippen LogP contribution in [0.5, 0.6) is 5.88 Å². The number of fused-ring (bicyclic) bond motifs is 1. The van der Waals surface area contributed by atoms with Gasteiger partial charge >= 0.3 is 6.18 Å². The van der Waals surface area contributed by atoms with Gasteiger partial charge in [0.2, 0.25) is 5.88 Å². The van der Waals surface area contributed by atoms with E-state index in [0.29, 0.717) is 34.9 Å². The lowest BCUT2D eigenvalue weighted by molar-refractivity contribution is -0.137. The van der Waals surface area contributed by atoms with E-state index in [1.54, 1.807) is 24.0 Å². The van der Waals surface area contributed by atoms with Crippen LogP contribution in [0.1, 0.15) is 34.1 Å². The van der Waals surface area contributed by atoms with Crippen LogP contribution in [0.15, 0.2) is 48.5 Å². The van der Waals surface area contributed by atoms with Crippen molar-refractivity contribution < 1.29 is 27.1 Å². The van der Waals surface area contributed by atoms with Gasteiger partial charge in [-0.3, -0.25) is 9.69 Å². The molecule has 172 valence electrons. The molecule has 0 saturated carbocycles. The van der Waals surface area contributed by atoms with Crippen LogP contribution in [0.25, 0.3) is 0 Å². The molecule has 0 radical (unpaired) electrons. The second kappa shape index (κ2) is 8.38. The standard InChI is InChI=1S/C24H21F4N3O2/c1-4-15-11-17(25)6-8-20(15)30-13-31(19-9-10-22(33-3)29-14(19)2)23(32)18-7-5-16(12-21(18)30)24(26,27)28/h5-12H,4,13H2,1-3H3. The number of methoxy groups -OCH3 is 1. The van der Waals surface area contributed by atoms with Crippen molar-refractivity contribution in [2.24, 2.45) is 0 Å². The van der Waals surface area contributed by atoms with E-state index in [9.17, 15) is 22.4 Å². The van der Waals surface area contributed by atoms with Gasteiger partial charge in [-0.1, -0.05) is 6.92 Å². The Bertz CT molecular complexity index is 1230. The maximum Gasteiger partial charge on any atom is 0.416 e. The lowest BCUT2D eigenvalue weighted by Gasteiger charge is -2.39. The Balaban J connectivity index is 1.91. The van der Waals surface area contributed by atoms with Gasteiger partial charge in [-0.25, -0.2) is 9.37 Å².